The highest BCUT2D eigenvalue weighted by molar-refractivity contribution is 7.91. The molecule has 1 aliphatic rings. The van der Waals surface area contributed by atoms with Gasteiger partial charge in [-0.15, -0.1) is 0 Å². The molecule has 1 saturated heterocycles. The van der Waals surface area contributed by atoms with Crippen LogP contribution in [0.25, 0.3) is 0 Å². The first-order valence-electron chi connectivity index (χ1n) is 6.70. The lowest BCUT2D eigenvalue weighted by Gasteiger charge is -2.16. The maximum atomic E-state index is 12.2. The molecule has 7 heteroatoms. The highest BCUT2D eigenvalue weighted by Crippen LogP contribution is 2.20. The minimum atomic E-state index is -3.28. The Labute approximate surface area is 123 Å². The van der Waals surface area contributed by atoms with Crippen LogP contribution in [0.2, 0.25) is 0 Å². The summed E-state index contributed by atoms with van der Waals surface area (Å²) in [5.41, 5.74) is 0.371. The van der Waals surface area contributed by atoms with Crippen LogP contribution in [0.15, 0.2) is 29.2 Å². The average molecular weight is 311 g/mol. The number of aliphatic carboxylic acids is 1. The Balaban J connectivity index is 2.13. The topological polar surface area (TPSA) is 91.8 Å². The molecule has 6 nitrogen and oxygen atoms in total. The molecule has 1 fully saturated rings. The van der Waals surface area contributed by atoms with Gasteiger partial charge in [-0.3, -0.25) is 9.59 Å². The molecule has 0 spiro atoms. The molecular weight excluding hydrogens is 294 g/mol. The number of carboxylic acid groups (broad SMARTS) is 1. The van der Waals surface area contributed by atoms with E-state index in [-0.39, 0.29) is 23.1 Å². The van der Waals surface area contributed by atoms with Gasteiger partial charge in [0.2, 0.25) is 0 Å². The number of sulfone groups is 1. The fourth-order valence-electron chi connectivity index (χ4n) is 2.30. The van der Waals surface area contributed by atoms with Crippen molar-refractivity contribution < 1.29 is 23.1 Å². The van der Waals surface area contributed by atoms with E-state index < -0.39 is 21.7 Å². The normalized spacial score (nSPS) is 18.7. The second kappa shape index (κ2) is 5.85. The summed E-state index contributed by atoms with van der Waals surface area (Å²) in [7, 11) is -3.28. The first-order chi connectivity index (χ1) is 9.85. The van der Waals surface area contributed by atoms with Crippen LogP contribution in [0.4, 0.5) is 0 Å². The maximum Gasteiger partial charge on any atom is 0.308 e. The number of nitrogens with zero attached hydrogens (tertiary/aromatic N) is 1. The Kier molecular flexibility index (Phi) is 4.32. The third-order valence-electron chi connectivity index (χ3n) is 3.67. The summed E-state index contributed by atoms with van der Waals surface area (Å²) in [5, 5.41) is 8.93. The van der Waals surface area contributed by atoms with E-state index in [2.05, 4.69) is 0 Å². The van der Waals surface area contributed by atoms with Gasteiger partial charge in [-0.1, -0.05) is 6.92 Å². The molecule has 0 bridgehead atoms. The number of carbonyl (C=O) groups excluding carboxylic acids is 1. The molecule has 1 aliphatic heterocycles. The number of carboxylic acids is 1. The standard InChI is InChI=1S/C14H17NO5S/c1-2-21(19,20)12-5-3-10(4-6-12)13(16)15-8-7-11(9-15)14(17)18/h3-6,11H,2,7-9H2,1H3,(H,17,18)/t11-/m1/s1. The zero-order chi connectivity index (χ0) is 15.6. The molecular formula is C14H17NO5S. The van der Waals surface area contributed by atoms with Gasteiger partial charge >= 0.3 is 5.97 Å². The molecule has 114 valence electrons. The molecule has 0 radical (unpaired) electrons. The van der Waals surface area contributed by atoms with E-state index in [1.165, 1.54) is 29.2 Å². The number of rotatable bonds is 4. The molecule has 0 saturated carbocycles. The predicted molar refractivity (Wildman–Crippen MR) is 75.8 cm³/mol. The van der Waals surface area contributed by atoms with Gasteiger partial charge in [0, 0.05) is 18.7 Å². The van der Waals surface area contributed by atoms with Crippen LogP contribution in [-0.2, 0) is 14.6 Å². The molecule has 1 atom stereocenters. The van der Waals surface area contributed by atoms with Crippen LogP contribution < -0.4 is 0 Å². The van der Waals surface area contributed by atoms with Crippen molar-refractivity contribution in [2.24, 2.45) is 5.92 Å². The smallest absolute Gasteiger partial charge is 0.308 e. The maximum absolute atomic E-state index is 12.2. The van der Waals surface area contributed by atoms with Crippen molar-refractivity contribution in [3.05, 3.63) is 29.8 Å². The summed E-state index contributed by atoms with van der Waals surface area (Å²) in [6.45, 7) is 2.17. The van der Waals surface area contributed by atoms with E-state index in [0.29, 0.717) is 18.5 Å². The molecule has 1 heterocycles. The summed E-state index contributed by atoms with van der Waals surface area (Å²) in [6.07, 6.45) is 0.448. The lowest BCUT2D eigenvalue weighted by Crippen LogP contribution is -2.29. The van der Waals surface area contributed by atoms with Gasteiger partial charge in [-0.25, -0.2) is 8.42 Å². The van der Waals surface area contributed by atoms with Gasteiger partial charge < -0.3 is 10.0 Å². The first-order valence-corrected chi connectivity index (χ1v) is 8.35. The SMILES string of the molecule is CCS(=O)(=O)c1ccc(C(=O)N2CC[C@@H](C(=O)O)C2)cc1. The summed E-state index contributed by atoms with van der Waals surface area (Å²) in [4.78, 5) is 24.8. The van der Waals surface area contributed by atoms with Gasteiger partial charge in [0.05, 0.1) is 16.6 Å². The van der Waals surface area contributed by atoms with Crippen LogP contribution in [0, 0.1) is 5.92 Å². The summed E-state index contributed by atoms with van der Waals surface area (Å²) in [6, 6.07) is 5.77. The molecule has 1 aromatic carbocycles. The molecule has 0 aromatic heterocycles. The van der Waals surface area contributed by atoms with Gasteiger partial charge in [-0.05, 0) is 30.7 Å². The molecule has 2 rings (SSSR count). The van der Waals surface area contributed by atoms with E-state index in [0.717, 1.165) is 0 Å². The van der Waals surface area contributed by atoms with Crippen molar-refractivity contribution in [1.82, 2.24) is 4.90 Å². The van der Waals surface area contributed by atoms with Crippen LogP contribution in [0.5, 0.6) is 0 Å². The summed E-state index contributed by atoms with van der Waals surface area (Å²) >= 11 is 0. The van der Waals surface area contributed by atoms with Gasteiger partial charge in [0.15, 0.2) is 9.84 Å². The van der Waals surface area contributed by atoms with Crippen LogP contribution in [0.3, 0.4) is 0 Å². The highest BCUT2D eigenvalue weighted by atomic mass is 32.2. The Hall–Kier alpha value is -1.89. The number of likely N-dealkylation sites (tertiary alicyclic amines) is 1. The minimum absolute atomic E-state index is 0.00666. The van der Waals surface area contributed by atoms with E-state index in [1.54, 1.807) is 6.92 Å². The fourth-order valence-corrected chi connectivity index (χ4v) is 3.18. The number of hydrogen-bond donors (Lipinski definition) is 1. The predicted octanol–water partition coefficient (Wildman–Crippen LogP) is 1.03. The van der Waals surface area contributed by atoms with Crippen LogP contribution >= 0.6 is 0 Å². The zero-order valence-corrected chi connectivity index (χ0v) is 12.5. The fraction of sp³-hybridized carbons (Fsp3) is 0.429. The van der Waals surface area contributed by atoms with Gasteiger partial charge in [0.25, 0.3) is 5.91 Å². The molecule has 1 amide bonds. The van der Waals surface area contributed by atoms with Crippen molar-refractivity contribution in [1.29, 1.82) is 0 Å². The van der Waals surface area contributed by atoms with Crippen molar-refractivity contribution >= 4 is 21.7 Å². The van der Waals surface area contributed by atoms with Crippen molar-refractivity contribution in [3.8, 4) is 0 Å². The van der Waals surface area contributed by atoms with Crippen molar-refractivity contribution in [2.45, 2.75) is 18.2 Å². The van der Waals surface area contributed by atoms with E-state index >= 15 is 0 Å². The Bertz CT molecular complexity index is 650. The lowest BCUT2D eigenvalue weighted by atomic mass is 10.1. The minimum Gasteiger partial charge on any atom is -0.481 e. The quantitative estimate of drug-likeness (QED) is 0.896. The third kappa shape index (κ3) is 3.24. The van der Waals surface area contributed by atoms with Gasteiger partial charge in [0.1, 0.15) is 0 Å². The second-order valence-electron chi connectivity index (χ2n) is 5.00. The Morgan fingerprint density at radius 1 is 1.29 bits per heavy atom. The average Bonchev–Trinajstić information content (AvgIpc) is 2.96. The number of carbonyl (C=O) groups is 2. The van der Waals surface area contributed by atoms with Crippen LogP contribution in [0.1, 0.15) is 23.7 Å². The number of hydrogen-bond acceptors (Lipinski definition) is 4. The van der Waals surface area contributed by atoms with Crippen molar-refractivity contribution in [3.63, 3.8) is 0 Å². The number of benzene rings is 1. The Morgan fingerprint density at radius 3 is 2.38 bits per heavy atom. The molecule has 1 N–H and O–H groups in total. The second-order valence-corrected chi connectivity index (χ2v) is 7.28. The highest BCUT2D eigenvalue weighted by Gasteiger charge is 2.31. The first kappa shape index (κ1) is 15.5. The van der Waals surface area contributed by atoms with Gasteiger partial charge in [-0.2, -0.15) is 0 Å². The van der Waals surface area contributed by atoms with E-state index in [4.69, 9.17) is 5.11 Å². The summed E-state index contributed by atoms with van der Waals surface area (Å²) in [5.74, 6) is -1.67. The van der Waals surface area contributed by atoms with E-state index in [9.17, 15) is 18.0 Å². The van der Waals surface area contributed by atoms with Crippen molar-refractivity contribution in [2.75, 3.05) is 18.8 Å². The monoisotopic (exact) mass is 311 g/mol. The largest absolute Gasteiger partial charge is 0.481 e. The Morgan fingerprint density at radius 2 is 1.90 bits per heavy atom. The summed E-state index contributed by atoms with van der Waals surface area (Å²) < 4.78 is 23.4. The molecule has 21 heavy (non-hydrogen) atoms. The molecule has 0 unspecified atom stereocenters. The number of amides is 1. The van der Waals surface area contributed by atoms with E-state index in [1.807, 2.05) is 0 Å². The van der Waals surface area contributed by atoms with Crippen LogP contribution in [-0.4, -0.2) is 49.1 Å². The zero-order valence-electron chi connectivity index (χ0n) is 11.7. The molecule has 1 aromatic rings. The molecule has 0 aliphatic carbocycles. The lowest BCUT2D eigenvalue weighted by molar-refractivity contribution is -0.141. The third-order valence-corrected chi connectivity index (χ3v) is 5.42.